The van der Waals surface area contributed by atoms with E-state index in [0.29, 0.717) is 17.8 Å². The molecule has 1 unspecified atom stereocenters. The van der Waals surface area contributed by atoms with Crippen LogP contribution in [0.15, 0.2) is 41.6 Å². The number of amides is 1. The molecule has 1 aromatic carbocycles. The van der Waals surface area contributed by atoms with Gasteiger partial charge in [-0.05, 0) is 31.2 Å². The number of aliphatic hydroxyl groups excluding tert-OH is 1. The van der Waals surface area contributed by atoms with E-state index < -0.39 is 35.4 Å². The van der Waals surface area contributed by atoms with Crippen molar-refractivity contribution >= 4 is 5.91 Å². The maximum absolute atomic E-state index is 13.7. The fourth-order valence-corrected chi connectivity index (χ4v) is 3.89. The Labute approximate surface area is 201 Å². The molecule has 0 spiro atoms. The second kappa shape index (κ2) is 9.58. The van der Waals surface area contributed by atoms with E-state index in [0.717, 1.165) is 5.69 Å². The first-order chi connectivity index (χ1) is 17.0. The second-order valence-electron chi connectivity index (χ2n) is 8.21. The molecule has 1 aliphatic rings. The van der Waals surface area contributed by atoms with Crippen LogP contribution in [-0.4, -0.2) is 49.2 Å². The summed E-state index contributed by atoms with van der Waals surface area (Å²) in [4.78, 5) is 31.2. The van der Waals surface area contributed by atoms with Gasteiger partial charge in [-0.2, -0.15) is 13.2 Å². The Morgan fingerprint density at radius 1 is 1.14 bits per heavy atom. The number of rotatable bonds is 4. The second-order valence-corrected chi connectivity index (χ2v) is 8.21. The van der Waals surface area contributed by atoms with E-state index in [9.17, 15) is 36.6 Å². The predicted molar refractivity (Wildman–Crippen MR) is 117 cm³/mol. The van der Waals surface area contributed by atoms with Gasteiger partial charge in [-0.1, -0.05) is 11.8 Å². The summed E-state index contributed by atoms with van der Waals surface area (Å²) >= 11 is 0. The summed E-state index contributed by atoms with van der Waals surface area (Å²) in [5.74, 6) is 0.737. The number of hydrogen-bond acceptors (Lipinski definition) is 4. The van der Waals surface area contributed by atoms with Crippen LogP contribution < -0.4 is 5.56 Å². The van der Waals surface area contributed by atoms with Crippen LogP contribution in [0.25, 0.3) is 5.69 Å². The van der Waals surface area contributed by atoms with Gasteiger partial charge in [-0.25, -0.2) is 13.8 Å². The van der Waals surface area contributed by atoms with Gasteiger partial charge in [0, 0.05) is 37.8 Å². The smallest absolute Gasteiger partial charge is 0.390 e. The highest BCUT2D eigenvalue weighted by Gasteiger charge is 2.37. The molecule has 36 heavy (non-hydrogen) atoms. The zero-order valence-electron chi connectivity index (χ0n) is 18.8. The average Bonchev–Trinajstić information content (AvgIpc) is 3.20. The van der Waals surface area contributed by atoms with Gasteiger partial charge in [0.05, 0.1) is 18.1 Å². The summed E-state index contributed by atoms with van der Waals surface area (Å²) in [7, 11) is 0. The maximum atomic E-state index is 13.7. The Morgan fingerprint density at radius 2 is 1.83 bits per heavy atom. The maximum Gasteiger partial charge on any atom is 0.422 e. The average molecular weight is 506 g/mol. The number of carbonyl (C=O) groups is 1. The van der Waals surface area contributed by atoms with E-state index in [-0.39, 0.29) is 42.9 Å². The van der Waals surface area contributed by atoms with E-state index in [1.165, 1.54) is 27.9 Å². The fourth-order valence-electron chi connectivity index (χ4n) is 3.89. The monoisotopic (exact) mass is 506 g/mol. The molecule has 2 aromatic heterocycles. The summed E-state index contributed by atoms with van der Waals surface area (Å²) in [6.07, 6.45) is -3.34. The van der Waals surface area contributed by atoms with Crippen molar-refractivity contribution in [3.05, 3.63) is 81.3 Å². The summed E-state index contributed by atoms with van der Waals surface area (Å²) in [5, 5.41) is 10.3. The number of hydrogen-bond donors (Lipinski definition) is 1. The first kappa shape index (κ1) is 25.1. The molecular weight excluding hydrogens is 487 g/mol. The molecule has 0 aliphatic carbocycles. The van der Waals surface area contributed by atoms with Crippen molar-refractivity contribution in [2.24, 2.45) is 0 Å². The number of β-amino-alcohol motifs (C(OH)–C–C–N with tert-alkyl or cyclic N) is 1. The number of aliphatic hydroxyl groups is 1. The summed E-state index contributed by atoms with van der Waals surface area (Å²) in [6, 6.07) is 3.96. The third kappa shape index (κ3) is 5.01. The van der Waals surface area contributed by atoms with Gasteiger partial charge < -0.3 is 19.1 Å². The van der Waals surface area contributed by atoms with E-state index >= 15 is 0 Å². The number of fused-ring (bicyclic) bond motifs is 1. The molecule has 3 aromatic rings. The molecule has 1 atom stereocenters. The lowest BCUT2D eigenvalue weighted by Crippen LogP contribution is -2.47. The predicted octanol–water partition coefficient (Wildman–Crippen LogP) is 2.90. The number of nitrogens with zero attached hydrogens (tertiary/aromatic N) is 4. The SMILES string of the molecule is Cc1cn(-c2ccc3n(c2=O)CCN(CC(O)CC#Cc2cc(F)c(C(F)(F)F)c(F)c2)C3=O)cn1. The minimum Gasteiger partial charge on any atom is -0.390 e. The van der Waals surface area contributed by atoms with Crippen LogP contribution >= 0.6 is 0 Å². The fraction of sp³-hybridized carbons (Fsp3) is 0.292. The number of alkyl halides is 3. The van der Waals surface area contributed by atoms with E-state index in [2.05, 4.69) is 16.8 Å². The van der Waals surface area contributed by atoms with Crippen LogP contribution in [0.4, 0.5) is 22.0 Å². The van der Waals surface area contributed by atoms with Gasteiger partial charge in [-0.15, -0.1) is 0 Å². The first-order valence-corrected chi connectivity index (χ1v) is 10.7. The number of carbonyl (C=O) groups excluding carboxylic acids is 1. The molecular formula is C24H19F5N4O3. The van der Waals surface area contributed by atoms with E-state index in [1.54, 1.807) is 17.7 Å². The van der Waals surface area contributed by atoms with Gasteiger partial charge in [0.1, 0.15) is 28.6 Å². The van der Waals surface area contributed by atoms with Crippen LogP contribution in [0, 0.1) is 30.4 Å². The molecule has 0 fully saturated rings. The number of aryl methyl sites for hydroxylation is 1. The molecule has 7 nitrogen and oxygen atoms in total. The minimum absolute atomic E-state index is 0.125. The Bertz CT molecular complexity index is 1430. The standard InChI is InChI=1S/C24H19F5N4O3/c1-14-11-32(13-30-14)19-5-6-20-22(35)31(7-8-33(20)23(19)36)12-16(34)4-2-3-15-9-17(25)21(18(26)10-15)24(27,28)29/h5-6,9-11,13,16,34H,4,7-8,12H2,1H3. The summed E-state index contributed by atoms with van der Waals surface area (Å²) < 4.78 is 68.2. The number of halogens is 5. The van der Waals surface area contributed by atoms with Crippen LogP contribution in [0.2, 0.25) is 0 Å². The van der Waals surface area contributed by atoms with Gasteiger partial charge in [0.2, 0.25) is 0 Å². The van der Waals surface area contributed by atoms with Crippen molar-refractivity contribution < 1.29 is 31.9 Å². The zero-order chi connectivity index (χ0) is 26.2. The number of aromatic nitrogens is 3. The molecule has 0 saturated carbocycles. The van der Waals surface area contributed by atoms with Gasteiger partial charge in [0.15, 0.2) is 0 Å². The van der Waals surface area contributed by atoms with E-state index in [4.69, 9.17) is 0 Å². The Balaban J connectivity index is 1.43. The minimum atomic E-state index is -5.18. The van der Waals surface area contributed by atoms with E-state index in [1.807, 2.05) is 0 Å². The lowest BCUT2D eigenvalue weighted by molar-refractivity contribution is -0.142. The first-order valence-electron chi connectivity index (χ1n) is 10.7. The Kier molecular flexibility index (Phi) is 6.69. The van der Waals surface area contributed by atoms with Gasteiger partial charge >= 0.3 is 6.18 Å². The molecule has 1 amide bonds. The lowest BCUT2D eigenvalue weighted by atomic mass is 10.1. The van der Waals surface area contributed by atoms with Gasteiger partial charge in [-0.3, -0.25) is 9.59 Å². The van der Waals surface area contributed by atoms with Crippen molar-refractivity contribution in [1.82, 2.24) is 19.0 Å². The summed E-state index contributed by atoms with van der Waals surface area (Å²) in [6.45, 7) is 2.01. The van der Waals surface area contributed by atoms with Crippen LogP contribution in [0.1, 0.15) is 33.7 Å². The molecule has 1 N–H and O–H groups in total. The van der Waals surface area contributed by atoms with Crippen molar-refractivity contribution in [2.75, 3.05) is 13.1 Å². The molecule has 1 aliphatic heterocycles. The summed E-state index contributed by atoms with van der Waals surface area (Å²) in [5.41, 5.74) is -1.46. The van der Waals surface area contributed by atoms with Crippen LogP contribution in [-0.2, 0) is 12.7 Å². The lowest BCUT2D eigenvalue weighted by Gasteiger charge is -2.31. The van der Waals surface area contributed by atoms with Crippen LogP contribution in [0.3, 0.4) is 0 Å². The van der Waals surface area contributed by atoms with Crippen molar-refractivity contribution in [1.29, 1.82) is 0 Å². The highest BCUT2D eigenvalue weighted by molar-refractivity contribution is 5.93. The van der Waals surface area contributed by atoms with Crippen molar-refractivity contribution in [3.8, 4) is 17.5 Å². The van der Waals surface area contributed by atoms with Crippen molar-refractivity contribution in [2.45, 2.75) is 32.2 Å². The van der Waals surface area contributed by atoms with Crippen LogP contribution in [0.5, 0.6) is 0 Å². The molecule has 12 heteroatoms. The zero-order valence-corrected chi connectivity index (χ0v) is 18.8. The largest absolute Gasteiger partial charge is 0.422 e. The highest BCUT2D eigenvalue weighted by atomic mass is 19.4. The number of benzene rings is 1. The highest BCUT2D eigenvalue weighted by Crippen LogP contribution is 2.33. The third-order valence-electron chi connectivity index (χ3n) is 5.57. The van der Waals surface area contributed by atoms with Crippen molar-refractivity contribution in [3.63, 3.8) is 0 Å². The quantitative estimate of drug-likeness (QED) is 0.436. The third-order valence-corrected chi connectivity index (χ3v) is 5.57. The molecule has 188 valence electrons. The Morgan fingerprint density at radius 3 is 2.44 bits per heavy atom. The number of pyridine rings is 1. The number of imidazole rings is 1. The molecule has 4 rings (SSSR count). The molecule has 0 bridgehead atoms. The van der Waals surface area contributed by atoms with Gasteiger partial charge in [0.25, 0.3) is 11.5 Å². The molecule has 0 radical (unpaired) electrons. The Hall–Kier alpha value is -3.98. The topological polar surface area (TPSA) is 80.4 Å². The normalized spacial score (nSPS) is 14.3. The molecule has 0 saturated heterocycles. The molecule has 3 heterocycles.